The Bertz CT molecular complexity index is 260. The Balaban J connectivity index is 3.13. The van der Waals surface area contributed by atoms with Gasteiger partial charge in [-0.05, 0) is 27.7 Å². The van der Waals surface area contributed by atoms with Gasteiger partial charge >= 0.3 is 0 Å². The first-order chi connectivity index (χ1) is 4.91. The Hall–Kier alpha value is -0.410. The van der Waals surface area contributed by atoms with E-state index in [2.05, 4.69) is 4.98 Å². The average Bonchev–Trinajstić information content (AvgIpc) is 2.08. The molecule has 0 aliphatic heterocycles. The zero-order valence-corrected chi connectivity index (χ0v) is 8.12. The van der Waals surface area contributed by atoms with Crippen LogP contribution < -0.4 is 0 Å². The van der Waals surface area contributed by atoms with Crippen LogP contribution in [0.3, 0.4) is 0 Å². The molecule has 0 fully saturated rings. The summed E-state index contributed by atoms with van der Waals surface area (Å²) in [6.45, 7) is 7.45. The molecule has 11 heavy (non-hydrogen) atoms. The van der Waals surface area contributed by atoms with Gasteiger partial charge in [0.05, 0.1) is 10.7 Å². The van der Waals surface area contributed by atoms with Gasteiger partial charge in [0.25, 0.3) is 0 Å². The summed E-state index contributed by atoms with van der Waals surface area (Å²) in [5.41, 5.74) is 0.00877. The van der Waals surface area contributed by atoms with Gasteiger partial charge in [-0.15, -0.1) is 11.3 Å². The van der Waals surface area contributed by atoms with E-state index >= 15 is 0 Å². The highest BCUT2D eigenvalue weighted by molar-refractivity contribution is 7.11. The molecule has 0 aromatic carbocycles. The third-order valence-electron chi connectivity index (χ3n) is 1.48. The van der Waals surface area contributed by atoms with Gasteiger partial charge in [-0.2, -0.15) is 0 Å². The fraction of sp³-hybridized carbons (Fsp3) is 0.625. The van der Waals surface area contributed by atoms with E-state index < -0.39 is 5.60 Å². The lowest BCUT2D eigenvalue weighted by Gasteiger charge is -2.14. The molecule has 0 saturated carbocycles. The monoisotopic (exact) mass is 171 g/mol. The highest BCUT2D eigenvalue weighted by atomic mass is 32.1. The van der Waals surface area contributed by atoms with E-state index in [1.54, 1.807) is 25.2 Å². The highest BCUT2D eigenvalue weighted by Gasteiger charge is 2.21. The topological polar surface area (TPSA) is 33.1 Å². The fourth-order valence-corrected chi connectivity index (χ4v) is 2.07. The molecule has 0 aliphatic carbocycles. The second kappa shape index (κ2) is 2.57. The van der Waals surface area contributed by atoms with Gasteiger partial charge in [0.15, 0.2) is 0 Å². The summed E-state index contributed by atoms with van der Waals surface area (Å²) in [7, 11) is 0. The molecule has 1 heterocycles. The largest absolute Gasteiger partial charge is 0.384 e. The average molecular weight is 171 g/mol. The minimum Gasteiger partial charge on any atom is -0.384 e. The van der Waals surface area contributed by atoms with Crippen molar-refractivity contribution >= 4 is 11.3 Å². The number of nitrogens with zero attached hydrogens (tertiary/aromatic N) is 1. The Morgan fingerprint density at radius 3 is 2.09 bits per heavy atom. The number of thiazole rings is 1. The Labute approximate surface area is 70.9 Å². The van der Waals surface area contributed by atoms with Crippen molar-refractivity contribution in [1.82, 2.24) is 4.98 Å². The maximum atomic E-state index is 9.63. The van der Waals surface area contributed by atoms with Crippen LogP contribution in [0.1, 0.15) is 29.4 Å². The molecule has 0 amide bonds. The second-order valence-electron chi connectivity index (χ2n) is 3.20. The summed E-state index contributed by atoms with van der Waals surface area (Å²) in [6, 6.07) is 0. The van der Waals surface area contributed by atoms with Crippen LogP contribution in [0.25, 0.3) is 0 Å². The van der Waals surface area contributed by atoms with E-state index in [4.69, 9.17) is 0 Å². The molecule has 0 atom stereocenters. The van der Waals surface area contributed by atoms with Crippen molar-refractivity contribution < 1.29 is 5.11 Å². The van der Waals surface area contributed by atoms with Gasteiger partial charge < -0.3 is 5.11 Å². The zero-order valence-electron chi connectivity index (χ0n) is 7.30. The lowest BCUT2D eigenvalue weighted by Crippen LogP contribution is -2.17. The zero-order chi connectivity index (χ0) is 8.65. The predicted octanol–water partition coefficient (Wildman–Crippen LogP) is 1.99. The molecule has 0 bridgehead atoms. The van der Waals surface area contributed by atoms with E-state index in [-0.39, 0.29) is 0 Å². The molecule has 1 aromatic heterocycles. The number of hydrogen-bond acceptors (Lipinski definition) is 3. The fourth-order valence-electron chi connectivity index (χ4n) is 1.10. The van der Waals surface area contributed by atoms with Crippen molar-refractivity contribution in [3.05, 3.63) is 15.6 Å². The first kappa shape index (κ1) is 8.68. The summed E-state index contributed by atoms with van der Waals surface area (Å²) in [5.74, 6) is 0. The predicted molar refractivity (Wildman–Crippen MR) is 46.8 cm³/mol. The van der Waals surface area contributed by atoms with E-state index in [1.807, 2.05) is 13.8 Å². The maximum absolute atomic E-state index is 9.63. The normalized spacial score (nSPS) is 12.1. The second-order valence-corrected chi connectivity index (χ2v) is 4.60. The molecule has 0 spiro atoms. The summed E-state index contributed by atoms with van der Waals surface area (Å²) >= 11 is 1.62. The van der Waals surface area contributed by atoms with Crippen LogP contribution in [-0.4, -0.2) is 10.1 Å². The molecule has 2 nitrogen and oxygen atoms in total. The van der Waals surface area contributed by atoms with Crippen molar-refractivity contribution in [1.29, 1.82) is 0 Å². The van der Waals surface area contributed by atoms with Gasteiger partial charge in [0.2, 0.25) is 0 Å². The van der Waals surface area contributed by atoms with Crippen LogP contribution in [0.4, 0.5) is 0 Å². The SMILES string of the molecule is Cc1nc(C(C)(C)O)c(C)s1. The molecule has 0 aliphatic rings. The smallest absolute Gasteiger partial charge is 0.102 e. The summed E-state index contributed by atoms with van der Waals surface area (Å²) in [5, 5.41) is 10.6. The lowest BCUT2D eigenvalue weighted by molar-refractivity contribution is 0.0738. The third kappa shape index (κ3) is 1.79. The molecular weight excluding hydrogens is 158 g/mol. The van der Waals surface area contributed by atoms with Crippen LogP contribution >= 0.6 is 11.3 Å². The number of aryl methyl sites for hydroxylation is 2. The number of aromatic nitrogens is 1. The van der Waals surface area contributed by atoms with Crippen molar-refractivity contribution in [2.24, 2.45) is 0 Å². The first-order valence-corrected chi connectivity index (χ1v) is 4.40. The first-order valence-electron chi connectivity index (χ1n) is 3.58. The molecule has 0 unspecified atom stereocenters. The Kier molecular flexibility index (Phi) is 2.03. The summed E-state index contributed by atoms with van der Waals surface area (Å²) in [6.07, 6.45) is 0. The van der Waals surface area contributed by atoms with Crippen LogP contribution in [0.15, 0.2) is 0 Å². The highest BCUT2D eigenvalue weighted by Crippen LogP contribution is 2.26. The molecule has 62 valence electrons. The van der Waals surface area contributed by atoms with Crippen LogP contribution in [0.5, 0.6) is 0 Å². The van der Waals surface area contributed by atoms with Gasteiger partial charge in [0.1, 0.15) is 5.60 Å². The van der Waals surface area contributed by atoms with Gasteiger partial charge in [-0.1, -0.05) is 0 Å². The molecule has 0 saturated heterocycles. The number of aliphatic hydroxyl groups is 1. The Morgan fingerprint density at radius 1 is 1.36 bits per heavy atom. The number of rotatable bonds is 1. The Morgan fingerprint density at radius 2 is 1.91 bits per heavy atom. The molecule has 1 N–H and O–H groups in total. The molecular formula is C8H13NOS. The molecule has 1 rings (SSSR count). The van der Waals surface area contributed by atoms with Gasteiger partial charge in [-0.3, -0.25) is 0 Å². The van der Waals surface area contributed by atoms with E-state index in [9.17, 15) is 5.11 Å². The quantitative estimate of drug-likeness (QED) is 0.701. The van der Waals surface area contributed by atoms with Crippen LogP contribution in [0.2, 0.25) is 0 Å². The molecule has 3 heteroatoms. The van der Waals surface area contributed by atoms with E-state index in [1.165, 1.54) is 0 Å². The van der Waals surface area contributed by atoms with Crippen molar-refractivity contribution in [3.8, 4) is 0 Å². The minimum atomic E-state index is -0.797. The maximum Gasteiger partial charge on any atom is 0.102 e. The standard InChI is InChI=1S/C8H13NOS/c1-5-7(8(3,4)10)9-6(2)11-5/h10H,1-4H3. The minimum absolute atomic E-state index is 0.797. The van der Waals surface area contributed by atoms with Crippen molar-refractivity contribution in [3.63, 3.8) is 0 Å². The molecule has 1 aromatic rings. The number of hydrogen-bond donors (Lipinski definition) is 1. The third-order valence-corrected chi connectivity index (χ3v) is 2.37. The summed E-state index contributed by atoms with van der Waals surface area (Å²) < 4.78 is 0. The van der Waals surface area contributed by atoms with Crippen LogP contribution in [-0.2, 0) is 5.60 Å². The van der Waals surface area contributed by atoms with Crippen molar-refractivity contribution in [2.45, 2.75) is 33.3 Å². The van der Waals surface area contributed by atoms with E-state index in [0.717, 1.165) is 15.6 Å². The van der Waals surface area contributed by atoms with Gasteiger partial charge in [0, 0.05) is 4.88 Å². The van der Waals surface area contributed by atoms with Crippen molar-refractivity contribution in [2.75, 3.05) is 0 Å². The van der Waals surface area contributed by atoms with Gasteiger partial charge in [-0.25, -0.2) is 4.98 Å². The van der Waals surface area contributed by atoms with E-state index in [0.29, 0.717) is 0 Å². The summed E-state index contributed by atoms with van der Waals surface area (Å²) in [4.78, 5) is 5.36. The lowest BCUT2D eigenvalue weighted by atomic mass is 10.1. The van der Waals surface area contributed by atoms with Crippen LogP contribution in [0, 0.1) is 13.8 Å². The molecule has 0 radical (unpaired) electrons.